The summed E-state index contributed by atoms with van der Waals surface area (Å²) in [4.78, 5) is 16.1. The lowest BCUT2D eigenvalue weighted by Crippen LogP contribution is -2.26. The molecular weight excluding hydrogens is 266 g/mol. The third-order valence-corrected chi connectivity index (χ3v) is 3.62. The molecule has 1 saturated carbocycles. The Morgan fingerprint density at radius 2 is 2.14 bits per heavy atom. The first-order valence-electron chi connectivity index (χ1n) is 7.25. The first-order valence-corrected chi connectivity index (χ1v) is 7.25. The molecule has 1 aromatic carbocycles. The van der Waals surface area contributed by atoms with Gasteiger partial charge in [-0.1, -0.05) is 30.3 Å². The zero-order valence-electron chi connectivity index (χ0n) is 11.8. The topological polar surface area (TPSA) is 81.1 Å². The molecule has 0 spiro atoms. The van der Waals surface area contributed by atoms with Crippen LogP contribution in [0, 0.1) is 5.92 Å². The standard InChI is InChI=1S/C16H19N3O2/c17-13(8-11-4-2-1-3-5-11)16-19-14(10-21-16)15(20)18-9-12-6-7-12/h1-5,10,12-13H,6-9,17H2,(H,18,20). The second kappa shape index (κ2) is 6.10. The third kappa shape index (κ3) is 3.70. The Hall–Kier alpha value is -2.14. The molecule has 0 aliphatic heterocycles. The van der Waals surface area contributed by atoms with E-state index in [1.807, 2.05) is 30.3 Å². The Morgan fingerprint density at radius 3 is 2.86 bits per heavy atom. The molecule has 1 heterocycles. The van der Waals surface area contributed by atoms with Crippen LogP contribution in [0.2, 0.25) is 0 Å². The van der Waals surface area contributed by atoms with Crippen molar-refractivity contribution in [2.45, 2.75) is 25.3 Å². The summed E-state index contributed by atoms with van der Waals surface area (Å²) in [5.74, 6) is 0.847. The van der Waals surface area contributed by atoms with Gasteiger partial charge in [0, 0.05) is 6.54 Å². The first-order chi connectivity index (χ1) is 10.2. The number of rotatable bonds is 6. The number of carbonyl (C=O) groups excluding carboxylic acids is 1. The molecule has 21 heavy (non-hydrogen) atoms. The molecule has 1 fully saturated rings. The van der Waals surface area contributed by atoms with Gasteiger partial charge >= 0.3 is 0 Å². The summed E-state index contributed by atoms with van der Waals surface area (Å²) in [7, 11) is 0. The van der Waals surface area contributed by atoms with Crippen LogP contribution in [0.15, 0.2) is 41.0 Å². The number of nitrogens with one attached hydrogen (secondary N) is 1. The number of nitrogens with two attached hydrogens (primary N) is 1. The van der Waals surface area contributed by atoms with Gasteiger partial charge < -0.3 is 15.5 Å². The second-order valence-corrected chi connectivity index (χ2v) is 5.52. The molecule has 3 rings (SSSR count). The minimum absolute atomic E-state index is 0.191. The monoisotopic (exact) mass is 285 g/mol. The predicted octanol–water partition coefficient (Wildman–Crippen LogP) is 2.06. The number of aromatic nitrogens is 1. The van der Waals surface area contributed by atoms with E-state index < -0.39 is 0 Å². The summed E-state index contributed by atoms with van der Waals surface area (Å²) in [6.45, 7) is 0.719. The summed E-state index contributed by atoms with van der Waals surface area (Å²) in [6, 6.07) is 9.56. The van der Waals surface area contributed by atoms with Crippen molar-refractivity contribution in [1.82, 2.24) is 10.3 Å². The zero-order chi connectivity index (χ0) is 14.7. The molecule has 5 heteroatoms. The van der Waals surface area contributed by atoms with Crippen LogP contribution in [-0.2, 0) is 6.42 Å². The first kappa shape index (κ1) is 13.8. The van der Waals surface area contributed by atoms with Crippen LogP contribution in [0.3, 0.4) is 0 Å². The number of hydrogen-bond donors (Lipinski definition) is 2. The highest BCUT2D eigenvalue weighted by molar-refractivity contribution is 5.91. The van der Waals surface area contributed by atoms with Gasteiger partial charge in [0.2, 0.25) is 5.89 Å². The molecule has 0 radical (unpaired) electrons. The van der Waals surface area contributed by atoms with E-state index in [4.69, 9.17) is 10.2 Å². The Bertz CT molecular complexity index is 605. The number of benzene rings is 1. The quantitative estimate of drug-likeness (QED) is 0.851. The molecule has 0 bridgehead atoms. The summed E-state index contributed by atoms with van der Waals surface area (Å²) in [5, 5.41) is 2.86. The van der Waals surface area contributed by atoms with Crippen molar-refractivity contribution in [1.29, 1.82) is 0 Å². The highest BCUT2D eigenvalue weighted by Gasteiger charge is 2.23. The third-order valence-electron chi connectivity index (χ3n) is 3.62. The summed E-state index contributed by atoms with van der Waals surface area (Å²) < 4.78 is 5.35. The predicted molar refractivity (Wildman–Crippen MR) is 78.6 cm³/mol. The fourth-order valence-corrected chi connectivity index (χ4v) is 2.17. The minimum Gasteiger partial charge on any atom is -0.446 e. The van der Waals surface area contributed by atoms with Crippen molar-refractivity contribution in [3.63, 3.8) is 0 Å². The van der Waals surface area contributed by atoms with Crippen molar-refractivity contribution in [2.75, 3.05) is 6.54 Å². The molecule has 1 aliphatic carbocycles. The summed E-state index contributed by atoms with van der Waals surface area (Å²) >= 11 is 0. The van der Waals surface area contributed by atoms with E-state index in [1.165, 1.54) is 19.1 Å². The summed E-state index contributed by atoms with van der Waals surface area (Å²) in [6.07, 6.45) is 4.41. The van der Waals surface area contributed by atoms with E-state index in [2.05, 4.69) is 10.3 Å². The average molecular weight is 285 g/mol. The van der Waals surface area contributed by atoms with E-state index in [9.17, 15) is 4.79 Å². The molecule has 1 atom stereocenters. The van der Waals surface area contributed by atoms with E-state index in [-0.39, 0.29) is 11.9 Å². The van der Waals surface area contributed by atoms with E-state index in [0.717, 1.165) is 12.1 Å². The Morgan fingerprint density at radius 1 is 1.38 bits per heavy atom. The average Bonchev–Trinajstić information content (AvgIpc) is 3.19. The fourth-order valence-electron chi connectivity index (χ4n) is 2.17. The van der Waals surface area contributed by atoms with E-state index in [0.29, 0.717) is 23.9 Å². The number of hydrogen-bond acceptors (Lipinski definition) is 4. The molecule has 3 N–H and O–H groups in total. The molecule has 1 amide bonds. The van der Waals surface area contributed by atoms with E-state index in [1.54, 1.807) is 0 Å². The van der Waals surface area contributed by atoms with E-state index >= 15 is 0 Å². The number of amides is 1. The number of nitrogens with zero attached hydrogens (tertiary/aromatic N) is 1. The normalized spacial score (nSPS) is 15.7. The van der Waals surface area contributed by atoms with Gasteiger partial charge in [0.1, 0.15) is 6.26 Å². The summed E-state index contributed by atoms with van der Waals surface area (Å²) in [5.41, 5.74) is 7.50. The SMILES string of the molecule is NC(Cc1ccccc1)c1nc(C(=O)NCC2CC2)co1. The zero-order valence-corrected chi connectivity index (χ0v) is 11.8. The van der Waals surface area contributed by atoms with Gasteiger partial charge in [-0.15, -0.1) is 0 Å². The van der Waals surface area contributed by atoms with Crippen LogP contribution >= 0.6 is 0 Å². The maximum Gasteiger partial charge on any atom is 0.273 e. The van der Waals surface area contributed by atoms with Crippen LogP contribution < -0.4 is 11.1 Å². The Kier molecular flexibility index (Phi) is 4.01. The van der Waals surface area contributed by atoms with Crippen molar-refractivity contribution in [2.24, 2.45) is 11.7 Å². The molecule has 1 unspecified atom stereocenters. The van der Waals surface area contributed by atoms with Crippen LogP contribution in [-0.4, -0.2) is 17.4 Å². The molecular formula is C16H19N3O2. The maximum atomic E-state index is 11.9. The molecule has 1 aliphatic rings. The van der Waals surface area contributed by atoms with Crippen molar-refractivity contribution in [3.8, 4) is 0 Å². The lowest BCUT2D eigenvalue weighted by molar-refractivity contribution is 0.0946. The fraction of sp³-hybridized carbons (Fsp3) is 0.375. The maximum absolute atomic E-state index is 11.9. The molecule has 2 aromatic rings. The second-order valence-electron chi connectivity index (χ2n) is 5.52. The van der Waals surface area contributed by atoms with Crippen LogP contribution in [0.5, 0.6) is 0 Å². The van der Waals surface area contributed by atoms with Gasteiger partial charge in [-0.2, -0.15) is 0 Å². The van der Waals surface area contributed by atoms with Crippen LogP contribution in [0.25, 0.3) is 0 Å². The highest BCUT2D eigenvalue weighted by atomic mass is 16.3. The van der Waals surface area contributed by atoms with Crippen molar-refractivity contribution >= 4 is 5.91 Å². The largest absolute Gasteiger partial charge is 0.446 e. The van der Waals surface area contributed by atoms with Gasteiger partial charge in [0.05, 0.1) is 6.04 Å². The Labute approximate surface area is 123 Å². The van der Waals surface area contributed by atoms with Gasteiger partial charge in [0.25, 0.3) is 5.91 Å². The molecule has 5 nitrogen and oxygen atoms in total. The van der Waals surface area contributed by atoms with Crippen LogP contribution in [0.1, 0.15) is 40.8 Å². The van der Waals surface area contributed by atoms with Crippen LogP contribution in [0.4, 0.5) is 0 Å². The van der Waals surface area contributed by atoms with Crippen molar-refractivity contribution in [3.05, 3.63) is 53.7 Å². The van der Waals surface area contributed by atoms with Gasteiger partial charge in [-0.05, 0) is 30.7 Å². The lowest BCUT2D eigenvalue weighted by Gasteiger charge is -2.07. The number of oxazole rings is 1. The van der Waals surface area contributed by atoms with Gasteiger partial charge in [-0.25, -0.2) is 4.98 Å². The number of carbonyl (C=O) groups is 1. The van der Waals surface area contributed by atoms with Gasteiger partial charge in [-0.3, -0.25) is 4.79 Å². The van der Waals surface area contributed by atoms with Gasteiger partial charge in [0.15, 0.2) is 5.69 Å². The molecule has 110 valence electrons. The smallest absolute Gasteiger partial charge is 0.273 e. The van der Waals surface area contributed by atoms with Crippen molar-refractivity contribution < 1.29 is 9.21 Å². The molecule has 1 aromatic heterocycles. The minimum atomic E-state index is -0.350. The highest BCUT2D eigenvalue weighted by Crippen LogP contribution is 2.27. The molecule has 0 saturated heterocycles. The Balaban J connectivity index is 1.59. The lowest BCUT2D eigenvalue weighted by atomic mass is 10.1.